The molecule has 2 heterocycles. The van der Waals surface area contributed by atoms with E-state index in [1.54, 1.807) is 17.5 Å². The van der Waals surface area contributed by atoms with Gasteiger partial charge in [0.2, 0.25) is 0 Å². The second-order valence-corrected chi connectivity index (χ2v) is 9.27. The third-order valence-electron chi connectivity index (χ3n) is 4.06. The van der Waals surface area contributed by atoms with Gasteiger partial charge in [0.05, 0.1) is 6.26 Å². The number of carbonyl (C=O) groups is 2. The molecule has 7 nitrogen and oxygen atoms in total. The third kappa shape index (κ3) is 4.90. The number of hydrogen-bond donors (Lipinski definition) is 2. The molecule has 3 aromatic rings. The fourth-order valence-corrected chi connectivity index (χ4v) is 5.36. The van der Waals surface area contributed by atoms with Crippen molar-refractivity contribution in [3.8, 4) is 0 Å². The lowest BCUT2D eigenvalue weighted by atomic mass is 10.2. The van der Waals surface area contributed by atoms with Crippen LogP contribution in [0.25, 0.3) is 0 Å². The first-order valence-corrected chi connectivity index (χ1v) is 10.9. The number of amides is 2. The van der Waals surface area contributed by atoms with E-state index in [0.29, 0.717) is 0 Å². The van der Waals surface area contributed by atoms with Crippen molar-refractivity contribution in [2.45, 2.75) is 16.0 Å². The predicted octanol–water partition coefficient (Wildman–Crippen LogP) is 2.43. The predicted molar refractivity (Wildman–Crippen MR) is 104 cm³/mol. The van der Waals surface area contributed by atoms with Crippen molar-refractivity contribution in [1.29, 1.82) is 0 Å². The lowest BCUT2D eigenvalue weighted by Crippen LogP contribution is -2.42. The van der Waals surface area contributed by atoms with Crippen molar-refractivity contribution in [2.75, 3.05) is 6.54 Å². The van der Waals surface area contributed by atoms with Gasteiger partial charge >= 0.3 is 11.8 Å². The van der Waals surface area contributed by atoms with Gasteiger partial charge in [-0.05, 0) is 29.6 Å². The molecule has 0 saturated heterocycles. The molecule has 2 amide bonds. The van der Waals surface area contributed by atoms with Crippen LogP contribution < -0.4 is 10.6 Å². The lowest BCUT2D eigenvalue weighted by Gasteiger charge is -2.15. The standard InChI is InChI=1S/C19H17FN2O5S2/c20-14-6-2-1-5-13(14)11-21-18(23)19(24)22-12-16(15-7-3-9-27-15)29(25,26)17-8-4-10-28-17/h1-10,16H,11-12H2,(H,21,23)(H,22,24)/t16-/m1/s1. The average molecular weight is 436 g/mol. The van der Waals surface area contributed by atoms with Gasteiger partial charge in [0.1, 0.15) is 21.0 Å². The molecule has 0 bridgehead atoms. The monoisotopic (exact) mass is 436 g/mol. The Morgan fingerprint density at radius 1 is 1.03 bits per heavy atom. The summed E-state index contributed by atoms with van der Waals surface area (Å²) in [7, 11) is -3.83. The summed E-state index contributed by atoms with van der Waals surface area (Å²) in [5.41, 5.74) is 0.224. The van der Waals surface area contributed by atoms with Gasteiger partial charge in [0, 0.05) is 18.7 Å². The summed E-state index contributed by atoms with van der Waals surface area (Å²) in [4.78, 5) is 24.1. The highest BCUT2D eigenvalue weighted by atomic mass is 32.2. The Kier molecular flexibility index (Phi) is 6.45. The van der Waals surface area contributed by atoms with Crippen LogP contribution in [0.2, 0.25) is 0 Å². The minimum Gasteiger partial charge on any atom is -0.468 e. The molecule has 1 aromatic carbocycles. The van der Waals surface area contributed by atoms with E-state index in [0.717, 1.165) is 11.3 Å². The molecule has 0 aliphatic heterocycles. The van der Waals surface area contributed by atoms with Crippen molar-refractivity contribution >= 4 is 33.0 Å². The second kappa shape index (κ2) is 9.01. The third-order valence-corrected chi connectivity index (χ3v) is 7.55. The molecule has 3 rings (SSSR count). The van der Waals surface area contributed by atoms with Crippen molar-refractivity contribution < 1.29 is 26.8 Å². The number of rotatable bonds is 7. The van der Waals surface area contributed by atoms with Gasteiger partial charge in [0.25, 0.3) is 0 Å². The van der Waals surface area contributed by atoms with Gasteiger partial charge in [-0.15, -0.1) is 11.3 Å². The van der Waals surface area contributed by atoms with Crippen molar-refractivity contribution in [3.05, 3.63) is 77.3 Å². The molecule has 10 heteroatoms. The molecular weight excluding hydrogens is 419 g/mol. The van der Waals surface area contributed by atoms with Crippen LogP contribution in [0.15, 0.2) is 68.8 Å². The Hall–Kier alpha value is -2.98. The van der Waals surface area contributed by atoms with Crippen LogP contribution in [-0.2, 0) is 26.0 Å². The van der Waals surface area contributed by atoms with E-state index >= 15 is 0 Å². The molecule has 0 spiro atoms. The van der Waals surface area contributed by atoms with Gasteiger partial charge in [-0.3, -0.25) is 9.59 Å². The number of benzene rings is 1. The average Bonchev–Trinajstić information content (AvgIpc) is 3.41. The SMILES string of the molecule is O=C(NCc1ccccc1F)C(=O)NC[C@H](c1ccco1)S(=O)(=O)c1cccs1. The number of nitrogens with one attached hydrogen (secondary N) is 2. The molecule has 0 fully saturated rings. The van der Waals surface area contributed by atoms with Crippen molar-refractivity contribution in [2.24, 2.45) is 0 Å². The van der Waals surface area contributed by atoms with E-state index in [-0.39, 0.29) is 28.6 Å². The summed E-state index contributed by atoms with van der Waals surface area (Å²) in [5.74, 6) is -2.39. The molecule has 2 N–H and O–H groups in total. The molecule has 1 atom stereocenters. The zero-order chi connectivity index (χ0) is 20.9. The van der Waals surface area contributed by atoms with Gasteiger partial charge in [-0.25, -0.2) is 12.8 Å². The molecule has 0 unspecified atom stereocenters. The van der Waals surface area contributed by atoms with Gasteiger partial charge in [-0.2, -0.15) is 0 Å². The van der Waals surface area contributed by atoms with E-state index in [4.69, 9.17) is 4.42 Å². The molecule has 0 aliphatic carbocycles. The van der Waals surface area contributed by atoms with Gasteiger partial charge < -0.3 is 15.1 Å². The van der Waals surface area contributed by atoms with E-state index in [9.17, 15) is 22.4 Å². The molecule has 152 valence electrons. The Balaban J connectivity index is 1.66. The summed E-state index contributed by atoms with van der Waals surface area (Å²) >= 11 is 1.05. The van der Waals surface area contributed by atoms with Crippen LogP contribution in [0.5, 0.6) is 0 Å². The summed E-state index contributed by atoms with van der Waals surface area (Å²) in [6.07, 6.45) is 1.33. The summed E-state index contributed by atoms with van der Waals surface area (Å²) in [6.45, 7) is -0.534. The van der Waals surface area contributed by atoms with Gasteiger partial charge in [-0.1, -0.05) is 24.3 Å². The molecular formula is C19H17FN2O5S2. The van der Waals surface area contributed by atoms with Crippen LogP contribution in [0.4, 0.5) is 4.39 Å². The lowest BCUT2D eigenvalue weighted by molar-refractivity contribution is -0.139. The number of furan rings is 1. The zero-order valence-corrected chi connectivity index (χ0v) is 16.6. The fraction of sp³-hybridized carbons (Fsp3) is 0.158. The van der Waals surface area contributed by atoms with E-state index < -0.39 is 32.7 Å². The Morgan fingerprint density at radius 2 is 1.79 bits per heavy atom. The van der Waals surface area contributed by atoms with Crippen LogP contribution in [0.1, 0.15) is 16.6 Å². The van der Waals surface area contributed by atoms with Crippen molar-refractivity contribution in [1.82, 2.24) is 10.6 Å². The Bertz CT molecular complexity index is 1080. The highest BCUT2D eigenvalue weighted by Gasteiger charge is 2.33. The van der Waals surface area contributed by atoms with E-state index in [2.05, 4.69) is 10.6 Å². The fourth-order valence-electron chi connectivity index (χ4n) is 2.57. The van der Waals surface area contributed by atoms with Gasteiger partial charge in [0.15, 0.2) is 9.84 Å². The van der Waals surface area contributed by atoms with Crippen LogP contribution in [-0.4, -0.2) is 26.8 Å². The van der Waals surface area contributed by atoms with Crippen LogP contribution >= 0.6 is 11.3 Å². The minimum atomic E-state index is -3.83. The van der Waals surface area contributed by atoms with Crippen molar-refractivity contribution in [3.63, 3.8) is 0 Å². The summed E-state index contributed by atoms with van der Waals surface area (Å²) in [5, 5.41) is 5.04. The Morgan fingerprint density at radius 3 is 2.45 bits per heavy atom. The molecule has 0 radical (unpaired) electrons. The molecule has 0 saturated carbocycles. The van der Waals surface area contributed by atoms with E-state index in [1.807, 2.05) is 0 Å². The summed E-state index contributed by atoms with van der Waals surface area (Å²) in [6, 6.07) is 11.9. The van der Waals surface area contributed by atoms with E-state index in [1.165, 1.54) is 42.7 Å². The largest absolute Gasteiger partial charge is 0.468 e. The number of halogens is 1. The summed E-state index contributed by atoms with van der Waals surface area (Å²) < 4.78 is 44.7. The highest BCUT2D eigenvalue weighted by Crippen LogP contribution is 2.31. The maximum Gasteiger partial charge on any atom is 0.309 e. The number of sulfone groups is 1. The first kappa shape index (κ1) is 20.7. The molecule has 29 heavy (non-hydrogen) atoms. The maximum atomic E-state index is 13.6. The quantitative estimate of drug-likeness (QED) is 0.554. The zero-order valence-electron chi connectivity index (χ0n) is 15.0. The molecule has 2 aromatic heterocycles. The smallest absolute Gasteiger partial charge is 0.309 e. The molecule has 0 aliphatic rings. The number of hydrogen-bond acceptors (Lipinski definition) is 6. The topological polar surface area (TPSA) is 105 Å². The highest BCUT2D eigenvalue weighted by molar-refractivity contribution is 7.93. The number of carbonyl (C=O) groups excluding carboxylic acids is 2. The number of thiophene rings is 1. The normalized spacial score (nSPS) is 12.3. The maximum absolute atomic E-state index is 13.6. The Labute approximate surface area is 170 Å². The first-order valence-electron chi connectivity index (χ1n) is 8.50. The minimum absolute atomic E-state index is 0.122. The van der Waals surface area contributed by atoms with Crippen LogP contribution in [0.3, 0.4) is 0 Å². The first-order chi connectivity index (χ1) is 13.9. The van der Waals surface area contributed by atoms with Crippen LogP contribution in [0, 0.1) is 5.82 Å². The second-order valence-electron chi connectivity index (χ2n) is 5.97.